The molecular weight excluding hydrogens is 377 g/mol. The summed E-state index contributed by atoms with van der Waals surface area (Å²) in [5, 5.41) is 0. The van der Waals surface area contributed by atoms with Gasteiger partial charge >= 0.3 is 19.5 Å². The summed E-state index contributed by atoms with van der Waals surface area (Å²) in [5.41, 5.74) is 0. The molecule has 22 heavy (non-hydrogen) atoms. The predicted molar refractivity (Wildman–Crippen MR) is 77.0 cm³/mol. The SMILES string of the molecule is [CH2-]C(=O)CC(C)=O.[CH2-]C(=O)CC(C)=O.[CH2-]C(=O)CC(C)=O.[Ru+3]. The zero-order valence-electron chi connectivity index (χ0n) is 13.0. The van der Waals surface area contributed by atoms with Gasteiger partial charge in [0, 0.05) is 36.6 Å². The molecule has 0 aliphatic rings. The van der Waals surface area contributed by atoms with Crippen LogP contribution < -0.4 is 0 Å². The van der Waals surface area contributed by atoms with Crippen molar-refractivity contribution in [2.45, 2.75) is 40.0 Å². The zero-order valence-corrected chi connectivity index (χ0v) is 14.8. The van der Waals surface area contributed by atoms with E-state index >= 15 is 0 Å². The Labute approximate surface area is 144 Å². The van der Waals surface area contributed by atoms with Crippen LogP contribution in [0.25, 0.3) is 0 Å². The molecule has 0 rings (SSSR count). The molecule has 125 valence electrons. The molecule has 0 bridgehead atoms. The van der Waals surface area contributed by atoms with Gasteiger partial charge < -0.3 is 35.2 Å². The standard InChI is InChI=1S/3C5H7O2.Ru/c3*1-4(6)3-5(2)7;/h3*1,3H2,2H3;/q3*-1;+3. The van der Waals surface area contributed by atoms with Gasteiger partial charge in [-0.2, -0.15) is 0 Å². The quantitative estimate of drug-likeness (QED) is 0.377. The van der Waals surface area contributed by atoms with Gasteiger partial charge in [-0.1, -0.05) is 0 Å². The molecule has 0 aliphatic carbocycles. The zero-order chi connectivity index (χ0) is 17.6. The number of carbonyl (C=O) groups is 6. The summed E-state index contributed by atoms with van der Waals surface area (Å²) in [6.07, 6.45) is -0.0833. The van der Waals surface area contributed by atoms with Crippen molar-refractivity contribution >= 4 is 34.7 Å². The fraction of sp³-hybridized carbons (Fsp3) is 0.400. The molecule has 1 radical (unpaired) electrons. The molecule has 0 saturated heterocycles. The van der Waals surface area contributed by atoms with E-state index in [2.05, 4.69) is 20.8 Å². The van der Waals surface area contributed by atoms with Crippen LogP contribution in [0.2, 0.25) is 0 Å². The van der Waals surface area contributed by atoms with Crippen molar-refractivity contribution in [3.05, 3.63) is 20.8 Å². The number of hydrogen-bond acceptors (Lipinski definition) is 6. The van der Waals surface area contributed by atoms with Gasteiger partial charge in [0.15, 0.2) is 0 Å². The summed E-state index contributed by atoms with van der Waals surface area (Å²) in [5.74, 6) is -1.31. The largest absolute Gasteiger partial charge is 3.00 e. The molecule has 0 aromatic heterocycles. The topological polar surface area (TPSA) is 102 Å². The van der Waals surface area contributed by atoms with Crippen LogP contribution in [-0.4, -0.2) is 34.7 Å². The molecule has 0 aromatic carbocycles. The van der Waals surface area contributed by atoms with Crippen molar-refractivity contribution in [3.8, 4) is 0 Å². The third kappa shape index (κ3) is 51.7. The van der Waals surface area contributed by atoms with Gasteiger partial charge in [0.1, 0.15) is 17.3 Å². The van der Waals surface area contributed by atoms with E-state index in [0.717, 1.165) is 0 Å². The van der Waals surface area contributed by atoms with Crippen molar-refractivity contribution in [1.82, 2.24) is 0 Å². The number of hydrogen-bond donors (Lipinski definition) is 0. The average Bonchev–Trinajstić information content (AvgIpc) is 2.10. The first-order chi connectivity index (χ1) is 9.38. The van der Waals surface area contributed by atoms with E-state index in [0.29, 0.717) is 0 Å². The average molecular weight is 398 g/mol. The van der Waals surface area contributed by atoms with Gasteiger partial charge in [0.25, 0.3) is 0 Å². The molecule has 0 fully saturated rings. The smallest absolute Gasteiger partial charge is 0.339 e. The number of rotatable bonds is 6. The normalized spacial score (nSPS) is 7.77. The van der Waals surface area contributed by atoms with E-state index in [-0.39, 0.29) is 73.4 Å². The predicted octanol–water partition coefficient (Wildman–Crippen LogP) is 1.10. The van der Waals surface area contributed by atoms with Crippen molar-refractivity contribution in [1.29, 1.82) is 0 Å². The second-order valence-electron chi connectivity index (χ2n) is 4.25. The van der Waals surface area contributed by atoms with Gasteiger partial charge in [-0.05, 0) is 20.8 Å². The van der Waals surface area contributed by atoms with Crippen molar-refractivity contribution in [2.75, 3.05) is 0 Å². The van der Waals surface area contributed by atoms with Crippen LogP contribution in [0.15, 0.2) is 0 Å². The van der Waals surface area contributed by atoms with Gasteiger partial charge in [-0.3, -0.25) is 14.4 Å². The van der Waals surface area contributed by atoms with E-state index in [1.165, 1.54) is 20.8 Å². The Bertz CT molecular complexity index is 314. The first-order valence-electron chi connectivity index (χ1n) is 5.91. The minimum atomic E-state index is -0.312. The summed E-state index contributed by atoms with van der Waals surface area (Å²) in [7, 11) is 0. The molecule has 0 unspecified atom stereocenters. The summed E-state index contributed by atoms with van der Waals surface area (Å²) in [6.45, 7) is 13.1. The Balaban J connectivity index is -0.000000108. The summed E-state index contributed by atoms with van der Waals surface area (Å²) < 4.78 is 0. The Kier molecular flexibility index (Phi) is 22.4. The minimum absolute atomic E-state index is 0. The van der Waals surface area contributed by atoms with E-state index < -0.39 is 0 Å². The molecule has 0 atom stereocenters. The molecular formula is C15H21O6Ru. The first-order valence-corrected chi connectivity index (χ1v) is 5.91. The van der Waals surface area contributed by atoms with E-state index in [9.17, 15) is 28.8 Å². The number of Topliss-reactive ketones (excluding diaryl/α,β-unsaturated/α-hetero) is 6. The number of ketones is 6. The maximum absolute atomic E-state index is 9.99. The van der Waals surface area contributed by atoms with Gasteiger partial charge in [-0.25, -0.2) is 0 Å². The second kappa shape index (κ2) is 17.3. The Morgan fingerprint density at radius 2 is 0.682 bits per heavy atom. The molecule has 7 heteroatoms. The molecule has 0 aliphatic heterocycles. The molecule has 0 heterocycles. The third-order valence-corrected chi connectivity index (χ3v) is 1.34. The van der Waals surface area contributed by atoms with Crippen LogP contribution >= 0.6 is 0 Å². The van der Waals surface area contributed by atoms with Crippen LogP contribution in [0.3, 0.4) is 0 Å². The van der Waals surface area contributed by atoms with E-state index in [1.807, 2.05) is 0 Å². The van der Waals surface area contributed by atoms with Crippen LogP contribution in [0.5, 0.6) is 0 Å². The van der Waals surface area contributed by atoms with Crippen LogP contribution in [0.4, 0.5) is 0 Å². The maximum atomic E-state index is 9.99. The monoisotopic (exact) mass is 399 g/mol. The van der Waals surface area contributed by atoms with Crippen molar-refractivity contribution in [3.63, 3.8) is 0 Å². The molecule has 0 aromatic rings. The van der Waals surface area contributed by atoms with Crippen LogP contribution in [0.1, 0.15) is 40.0 Å². The third-order valence-electron chi connectivity index (χ3n) is 1.34. The van der Waals surface area contributed by atoms with E-state index in [4.69, 9.17) is 0 Å². The van der Waals surface area contributed by atoms with Crippen LogP contribution in [-0.2, 0) is 48.2 Å². The second-order valence-corrected chi connectivity index (χ2v) is 4.25. The molecule has 0 spiro atoms. The van der Waals surface area contributed by atoms with Gasteiger partial charge in [0.2, 0.25) is 0 Å². The van der Waals surface area contributed by atoms with E-state index in [1.54, 1.807) is 0 Å². The Hall–Kier alpha value is -1.75. The number of carbonyl (C=O) groups excluding carboxylic acids is 6. The molecule has 6 nitrogen and oxygen atoms in total. The minimum Gasteiger partial charge on any atom is -0.339 e. The summed E-state index contributed by atoms with van der Waals surface area (Å²) in [6, 6.07) is 0. The van der Waals surface area contributed by atoms with Crippen LogP contribution in [0, 0.1) is 20.8 Å². The maximum Gasteiger partial charge on any atom is 3.00 e. The van der Waals surface area contributed by atoms with Crippen molar-refractivity contribution in [2.24, 2.45) is 0 Å². The molecule has 0 saturated carbocycles. The fourth-order valence-electron chi connectivity index (χ4n) is 0.833. The summed E-state index contributed by atoms with van der Waals surface area (Å²) >= 11 is 0. The van der Waals surface area contributed by atoms with Gasteiger partial charge in [0.05, 0.1) is 0 Å². The molecule has 0 N–H and O–H groups in total. The fourth-order valence-corrected chi connectivity index (χ4v) is 0.833. The first kappa shape index (κ1) is 28.4. The Morgan fingerprint density at radius 1 is 0.545 bits per heavy atom. The van der Waals surface area contributed by atoms with Gasteiger partial charge in [-0.15, -0.1) is 0 Å². The molecule has 0 amide bonds. The summed E-state index contributed by atoms with van der Waals surface area (Å²) in [4.78, 5) is 59.7. The Morgan fingerprint density at radius 3 is 0.682 bits per heavy atom. The van der Waals surface area contributed by atoms with Crippen molar-refractivity contribution < 1.29 is 48.2 Å².